The van der Waals surface area contributed by atoms with E-state index in [1.165, 1.54) is 103 Å². The van der Waals surface area contributed by atoms with Gasteiger partial charge in [-0.05, 0) is 196 Å². The van der Waals surface area contributed by atoms with Crippen molar-refractivity contribution in [3.63, 3.8) is 0 Å². The van der Waals surface area contributed by atoms with Crippen molar-refractivity contribution in [1.82, 2.24) is 0 Å². The van der Waals surface area contributed by atoms with Gasteiger partial charge in [-0.2, -0.15) is 46.5 Å². The summed E-state index contributed by atoms with van der Waals surface area (Å²) in [6.07, 6.45) is 34.1. The molecule has 0 unspecified atom stereocenters. The van der Waals surface area contributed by atoms with Gasteiger partial charge in [0.1, 0.15) is 17.2 Å². The molecular weight excluding hydrogens is 1250 g/mol. The Balaban J connectivity index is 0.746. The van der Waals surface area contributed by atoms with Crippen molar-refractivity contribution in [2.75, 3.05) is 46.8 Å². The number of esters is 1. The molecule has 0 amide bonds. The maximum absolute atomic E-state index is 13.0. The number of ether oxygens (including phenoxy) is 7. The fourth-order valence-corrected chi connectivity index (χ4v) is 11.1. The van der Waals surface area contributed by atoms with Crippen LogP contribution >= 0.6 is 0 Å². The Labute approximate surface area is 593 Å². The van der Waals surface area contributed by atoms with Gasteiger partial charge in [0.2, 0.25) is 5.75 Å². The Hall–Kier alpha value is -9.92. The fourth-order valence-electron chi connectivity index (χ4n) is 11.1. The number of nitriles is 3. The number of hydrogen-bond acceptors (Lipinski definition) is 17. The monoisotopic (exact) mass is 1350 g/mol. The molecule has 526 valence electrons. The van der Waals surface area contributed by atoms with Crippen molar-refractivity contribution in [3.05, 3.63) is 180 Å². The predicted octanol–water partition coefficient (Wildman–Crippen LogP) is 24.4. The predicted molar refractivity (Wildman–Crippen MR) is 395 cm³/mol. The van der Waals surface area contributed by atoms with E-state index in [0.29, 0.717) is 96.2 Å². The van der Waals surface area contributed by atoms with E-state index < -0.39 is 5.97 Å². The summed E-state index contributed by atoms with van der Waals surface area (Å²) in [5.41, 5.74) is 6.49. The van der Waals surface area contributed by atoms with E-state index in [4.69, 9.17) is 48.9 Å². The van der Waals surface area contributed by atoms with E-state index in [1.54, 1.807) is 84.9 Å². The first-order valence-electron chi connectivity index (χ1n) is 36.5. The third-order valence-electron chi connectivity index (χ3n) is 17.0. The molecule has 0 saturated carbocycles. The van der Waals surface area contributed by atoms with Gasteiger partial charge in [-0.25, -0.2) is 4.79 Å². The number of carbonyl (C=O) groups excluding carboxylic acids is 1. The molecule has 100 heavy (non-hydrogen) atoms. The molecule has 0 heterocycles. The zero-order valence-electron chi connectivity index (χ0n) is 58.8. The highest BCUT2D eigenvalue weighted by molar-refractivity contribution is 5.91. The van der Waals surface area contributed by atoms with Crippen LogP contribution in [0.4, 0.5) is 34.1 Å². The summed E-state index contributed by atoms with van der Waals surface area (Å²) >= 11 is 0. The average molecular weight is 1350 g/mol. The molecular formula is C83H101N9O8. The van der Waals surface area contributed by atoms with Gasteiger partial charge >= 0.3 is 5.97 Å². The minimum Gasteiger partial charge on any atom is -0.494 e. The van der Waals surface area contributed by atoms with E-state index in [-0.39, 0.29) is 0 Å². The van der Waals surface area contributed by atoms with Crippen LogP contribution in [0.1, 0.15) is 220 Å². The van der Waals surface area contributed by atoms with Crippen LogP contribution in [-0.4, -0.2) is 52.7 Å². The van der Waals surface area contributed by atoms with E-state index in [9.17, 15) is 4.79 Å². The van der Waals surface area contributed by atoms with Gasteiger partial charge < -0.3 is 33.2 Å². The first-order chi connectivity index (χ1) is 49.4. The summed E-state index contributed by atoms with van der Waals surface area (Å²) in [5.74, 6) is 3.67. The third-order valence-corrected chi connectivity index (χ3v) is 17.0. The maximum atomic E-state index is 13.0. The summed E-state index contributed by atoms with van der Waals surface area (Å²) in [4.78, 5) is 13.0. The SMILES string of the molecule is COC(=O)c1cc(OCCCCCCCCCCCCOc2ccc(N=Nc3ccc(C#N)cc3)cc2)c(OCCCCCCCCCCCCOc2ccc(N=Nc3ccc(C#N)cc3)cc2)c(OCCCCCCCCCCCCOc2ccc(N=Nc3ccc(C#N)cc3)cc2)c1. The Morgan fingerprint density at radius 2 is 0.480 bits per heavy atom. The minimum atomic E-state index is -0.438. The maximum Gasteiger partial charge on any atom is 0.338 e. The summed E-state index contributed by atoms with van der Waals surface area (Å²) in [5, 5.41) is 52.6. The second-order valence-corrected chi connectivity index (χ2v) is 25.0. The molecule has 0 aliphatic rings. The fraction of sp³-hybridized carbons (Fsp3) is 0.446. The highest BCUT2D eigenvalue weighted by atomic mass is 16.5. The lowest BCUT2D eigenvalue weighted by Crippen LogP contribution is -2.09. The molecule has 0 fully saturated rings. The quantitative estimate of drug-likeness (QED) is 0.0198. The zero-order chi connectivity index (χ0) is 70.0. The average Bonchev–Trinajstić information content (AvgIpc) is 0.817. The van der Waals surface area contributed by atoms with Gasteiger partial charge in [0.15, 0.2) is 11.5 Å². The van der Waals surface area contributed by atoms with Crippen LogP contribution in [-0.2, 0) is 4.74 Å². The van der Waals surface area contributed by atoms with E-state index >= 15 is 0 Å². The molecule has 17 nitrogen and oxygen atoms in total. The van der Waals surface area contributed by atoms with Crippen molar-refractivity contribution in [3.8, 4) is 52.7 Å². The molecule has 0 aromatic heterocycles. The second-order valence-electron chi connectivity index (χ2n) is 25.0. The normalized spacial score (nSPS) is 11.2. The second kappa shape index (κ2) is 48.7. The lowest BCUT2D eigenvalue weighted by atomic mass is 10.1. The topological polar surface area (TPSA) is 227 Å². The van der Waals surface area contributed by atoms with Crippen molar-refractivity contribution in [1.29, 1.82) is 15.8 Å². The van der Waals surface area contributed by atoms with E-state index in [1.807, 2.05) is 72.8 Å². The number of methoxy groups -OCH3 is 1. The van der Waals surface area contributed by atoms with Crippen LogP contribution < -0.4 is 28.4 Å². The molecule has 0 aliphatic carbocycles. The molecule has 0 spiro atoms. The van der Waals surface area contributed by atoms with Gasteiger partial charge in [-0.3, -0.25) is 0 Å². The van der Waals surface area contributed by atoms with Crippen molar-refractivity contribution >= 4 is 40.1 Å². The standard InChI is InChI=1S/C83H101N9O8/c1-94-83(93)70-62-80(98-59-29-23-17-11-5-2-8-14-20-26-56-95-77-50-44-74(45-51-77)90-87-71-38-32-67(64-84)33-39-71)82(100-61-31-25-19-13-7-4-10-16-22-28-58-97-79-54-48-76(49-55-79)92-89-73-42-36-69(66-86)37-43-73)81(63-70)99-60-30-24-18-12-6-3-9-15-21-27-57-96-78-52-46-75(47-53-78)91-88-72-40-34-68(65-85)35-41-72/h32-55,62-63H,2-31,56-61H2,1H3. The number of benzene rings is 7. The summed E-state index contributed by atoms with van der Waals surface area (Å²) in [6, 6.07) is 53.8. The van der Waals surface area contributed by atoms with Gasteiger partial charge in [0.25, 0.3) is 0 Å². The highest BCUT2D eigenvalue weighted by Crippen LogP contribution is 2.40. The largest absolute Gasteiger partial charge is 0.494 e. The van der Waals surface area contributed by atoms with Crippen LogP contribution in [0.15, 0.2) is 188 Å². The van der Waals surface area contributed by atoms with E-state index in [0.717, 1.165) is 131 Å². The van der Waals surface area contributed by atoms with Crippen LogP contribution in [0.2, 0.25) is 0 Å². The summed E-state index contributed by atoms with van der Waals surface area (Å²) in [7, 11) is 1.40. The van der Waals surface area contributed by atoms with Crippen molar-refractivity contribution in [2.45, 2.75) is 193 Å². The Morgan fingerprint density at radius 1 is 0.280 bits per heavy atom. The minimum absolute atomic E-state index is 0.386. The molecule has 7 rings (SSSR count). The number of hydrogen-bond donors (Lipinski definition) is 0. The Bertz CT molecular complexity index is 3460. The molecule has 0 bridgehead atoms. The molecule has 0 saturated heterocycles. The lowest BCUT2D eigenvalue weighted by Gasteiger charge is -2.18. The van der Waals surface area contributed by atoms with Crippen LogP contribution in [0.25, 0.3) is 0 Å². The zero-order valence-corrected chi connectivity index (χ0v) is 58.8. The van der Waals surface area contributed by atoms with Gasteiger partial charge in [-0.1, -0.05) is 154 Å². The van der Waals surface area contributed by atoms with Crippen molar-refractivity contribution in [2.24, 2.45) is 30.7 Å². The molecule has 7 aromatic rings. The van der Waals surface area contributed by atoms with Crippen LogP contribution in [0.3, 0.4) is 0 Å². The first kappa shape index (κ1) is 77.4. The molecule has 17 heteroatoms. The van der Waals surface area contributed by atoms with Gasteiger partial charge in [0.05, 0.1) is 121 Å². The molecule has 0 radical (unpaired) electrons. The first-order valence-corrected chi connectivity index (χ1v) is 36.5. The van der Waals surface area contributed by atoms with Crippen LogP contribution in [0.5, 0.6) is 34.5 Å². The number of rotatable bonds is 52. The Morgan fingerprint density at radius 3 is 0.700 bits per heavy atom. The number of unbranched alkanes of at least 4 members (excludes halogenated alkanes) is 27. The number of carbonyl (C=O) groups is 1. The smallest absolute Gasteiger partial charge is 0.338 e. The van der Waals surface area contributed by atoms with E-state index in [2.05, 4.69) is 48.9 Å². The van der Waals surface area contributed by atoms with Crippen LogP contribution in [0, 0.1) is 34.0 Å². The Kier molecular flexibility index (Phi) is 37.7. The van der Waals surface area contributed by atoms with Gasteiger partial charge in [-0.15, -0.1) is 0 Å². The lowest BCUT2D eigenvalue weighted by molar-refractivity contribution is 0.0599. The summed E-state index contributed by atoms with van der Waals surface area (Å²) in [6.45, 7) is 3.63. The molecule has 0 atom stereocenters. The number of azo groups is 3. The number of nitrogens with zero attached hydrogens (tertiary/aromatic N) is 9. The highest BCUT2D eigenvalue weighted by Gasteiger charge is 2.20. The molecule has 0 aliphatic heterocycles. The molecule has 7 aromatic carbocycles. The molecule has 0 N–H and O–H groups in total. The summed E-state index contributed by atoms with van der Waals surface area (Å²) < 4.78 is 42.6. The van der Waals surface area contributed by atoms with Gasteiger partial charge in [0, 0.05) is 0 Å². The third kappa shape index (κ3) is 32.2. The van der Waals surface area contributed by atoms with Crippen molar-refractivity contribution < 1.29 is 38.0 Å².